The van der Waals surface area contributed by atoms with E-state index in [4.69, 9.17) is 9.47 Å². The number of aliphatic hydroxyl groups excluding tert-OH is 1. The molecule has 0 aromatic heterocycles. The molecule has 1 heterocycles. The van der Waals surface area contributed by atoms with Crippen molar-refractivity contribution in [1.29, 1.82) is 0 Å². The second-order valence-electron chi connectivity index (χ2n) is 5.74. The number of aliphatic hydroxyl groups is 1. The Balaban J connectivity index is 1.80. The second kappa shape index (κ2) is 7.36. The van der Waals surface area contributed by atoms with Gasteiger partial charge >= 0.3 is 0 Å². The molecule has 1 unspecified atom stereocenters. The summed E-state index contributed by atoms with van der Waals surface area (Å²) >= 11 is 0. The molecule has 1 fully saturated rings. The molecular formula is C19H19NO5. The summed E-state index contributed by atoms with van der Waals surface area (Å²) in [5.74, 6) is -0.0917. The van der Waals surface area contributed by atoms with Crippen molar-refractivity contribution in [3.05, 3.63) is 59.7 Å². The summed E-state index contributed by atoms with van der Waals surface area (Å²) < 4.78 is 11.1. The van der Waals surface area contributed by atoms with Gasteiger partial charge in [0.25, 0.3) is 11.8 Å². The van der Waals surface area contributed by atoms with Crippen LogP contribution in [0.3, 0.4) is 0 Å². The zero-order valence-electron chi connectivity index (χ0n) is 13.8. The third-order valence-corrected chi connectivity index (χ3v) is 4.07. The van der Waals surface area contributed by atoms with Gasteiger partial charge in [-0.25, -0.2) is 0 Å². The first-order chi connectivity index (χ1) is 12.1. The van der Waals surface area contributed by atoms with Gasteiger partial charge in [0.05, 0.1) is 7.11 Å². The Bertz CT molecular complexity index is 775. The third-order valence-electron chi connectivity index (χ3n) is 4.07. The van der Waals surface area contributed by atoms with Crippen molar-refractivity contribution in [2.45, 2.75) is 19.1 Å². The van der Waals surface area contributed by atoms with Gasteiger partial charge in [0.15, 0.2) is 11.5 Å². The quantitative estimate of drug-likeness (QED) is 0.842. The molecule has 130 valence electrons. The van der Waals surface area contributed by atoms with E-state index in [1.54, 1.807) is 18.2 Å². The molecule has 6 heteroatoms. The summed E-state index contributed by atoms with van der Waals surface area (Å²) in [6.45, 7) is 0.543. The fraction of sp³-hybridized carbons (Fsp3) is 0.263. The van der Waals surface area contributed by atoms with Gasteiger partial charge < -0.3 is 14.6 Å². The molecule has 1 N–H and O–H groups in total. The number of rotatable bonds is 5. The average molecular weight is 341 g/mol. The number of methoxy groups -OCH3 is 1. The van der Waals surface area contributed by atoms with Gasteiger partial charge in [-0.3, -0.25) is 14.5 Å². The number of carbonyl (C=O) groups is 2. The van der Waals surface area contributed by atoms with Gasteiger partial charge in [-0.15, -0.1) is 0 Å². The van der Waals surface area contributed by atoms with E-state index in [-0.39, 0.29) is 13.0 Å². The lowest BCUT2D eigenvalue weighted by molar-refractivity contribution is -0.132. The molecule has 1 saturated heterocycles. The standard InChI is InChI=1S/C19H19NO5/c1-24-16-8-7-14(18(22)20-10-9-15(21)19(20)23)11-17(16)25-12-13-5-3-2-4-6-13/h2-8,11,15,21H,9-10,12H2,1H3. The molecule has 2 aromatic carbocycles. The van der Waals surface area contributed by atoms with Crippen molar-refractivity contribution in [3.8, 4) is 11.5 Å². The van der Waals surface area contributed by atoms with Crippen LogP contribution < -0.4 is 9.47 Å². The maximum atomic E-state index is 12.5. The largest absolute Gasteiger partial charge is 0.493 e. The topological polar surface area (TPSA) is 76.1 Å². The highest BCUT2D eigenvalue weighted by Gasteiger charge is 2.34. The first kappa shape index (κ1) is 17.0. The van der Waals surface area contributed by atoms with Gasteiger partial charge in [0.1, 0.15) is 12.7 Å². The van der Waals surface area contributed by atoms with E-state index >= 15 is 0 Å². The first-order valence-corrected chi connectivity index (χ1v) is 7.98. The molecule has 2 aromatic rings. The van der Waals surface area contributed by atoms with Crippen LogP contribution in [0.15, 0.2) is 48.5 Å². The number of likely N-dealkylation sites (tertiary alicyclic amines) is 1. The average Bonchev–Trinajstić information content (AvgIpc) is 2.99. The molecule has 0 aliphatic carbocycles. The zero-order chi connectivity index (χ0) is 17.8. The molecule has 25 heavy (non-hydrogen) atoms. The summed E-state index contributed by atoms with van der Waals surface area (Å²) in [5, 5.41) is 9.52. The van der Waals surface area contributed by atoms with Crippen LogP contribution in [0.4, 0.5) is 0 Å². The summed E-state index contributed by atoms with van der Waals surface area (Å²) in [4.78, 5) is 25.4. The van der Waals surface area contributed by atoms with Crippen molar-refractivity contribution in [2.24, 2.45) is 0 Å². The molecule has 6 nitrogen and oxygen atoms in total. The van der Waals surface area contributed by atoms with Crippen LogP contribution in [0.1, 0.15) is 22.3 Å². The number of hydrogen-bond acceptors (Lipinski definition) is 5. The molecule has 1 aliphatic rings. The number of benzene rings is 2. The Morgan fingerprint density at radius 3 is 2.60 bits per heavy atom. The number of amides is 2. The molecule has 3 rings (SSSR count). The minimum atomic E-state index is -1.10. The van der Waals surface area contributed by atoms with Crippen molar-refractivity contribution >= 4 is 11.8 Å². The van der Waals surface area contributed by atoms with Crippen molar-refractivity contribution in [2.75, 3.05) is 13.7 Å². The van der Waals surface area contributed by atoms with Crippen LogP contribution in [0, 0.1) is 0 Å². The predicted octanol–water partition coefficient (Wildman–Crippen LogP) is 2.01. The van der Waals surface area contributed by atoms with Crippen molar-refractivity contribution < 1.29 is 24.2 Å². The zero-order valence-corrected chi connectivity index (χ0v) is 13.8. The lowest BCUT2D eigenvalue weighted by Crippen LogP contribution is -2.35. The summed E-state index contributed by atoms with van der Waals surface area (Å²) in [6, 6.07) is 14.4. The number of nitrogens with zero attached hydrogens (tertiary/aromatic N) is 1. The maximum absolute atomic E-state index is 12.5. The van der Waals surface area contributed by atoms with Crippen LogP contribution in [-0.4, -0.2) is 41.6 Å². The highest BCUT2D eigenvalue weighted by Crippen LogP contribution is 2.30. The molecule has 2 amide bonds. The van der Waals surface area contributed by atoms with E-state index in [0.717, 1.165) is 10.5 Å². The highest BCUT2D eigenvalue weighted by atomic mass is 16.5. The van der Waals surface area contributed by atoms with Crippen LogP contribution in [-0.2, 0) is 11.4 Å². The predicted molar refractivity (Wildman–Crippen MR) is 90.4 cm³/mol. The van der Waals surface area contributed by atoms with E-state index in [9.17, 15) is 14.7 Å². The Labute approximate surface area is 145 Å². The minimum Gasteiger partial charge on any atom is -0.493 e. The van der Waals surface area contributed by atoms with Gasteiger partial charge in [-0.2, -0.15) is 0 Å². The molecule has 0 saturated carbocycles. The minimum absolute atomic E-state index is 0.213. The second-order valence-corrected chi connectivity index (χ2v) is 5.74. The molecule has 1 atom stereocenters. The van der Waals surface area contributed by atoms with Crippen LogP contribution in [0.2, 0.25) is 0 Å². The van der Waals surface area contributed by atoms with Gasteiger partial charge in [0, 0.05) is 18.5 Å². The number of ether oxygens (including phenoxy) is 2. The fourth-order valence-electron chi connectivity index (χ4n) is 2.68. The molecule has 1 aliphatic heterocycles. The SMILES string of the molecule is COc1ccc(C(=O)N2CCC(O)C2=O)cc1OCc1ccccc1. The summed E-state index contributed by atoms with van der Waals surface area (Å²) in [7, 11) is 1.52. The fourth-order valence-corrected chi connectivity index (χ4v) is 2.68. The van der Waals surface area contributed by atoms with E-state index in [1.165, 1.54) is 7.11 Å². The van der Waals surface area contributed by atoms with Crippen molar-refractivity contribution in [3.63, 3.8) is 0 Å². The summed E-state index contributed by atoms with van der Waals surface area (Å²) in [6.07, 6.45) is -0.839. The monoisotopic (exact) mass is 341 g/mol. The van der Waals surface area contributed by atoms with E-state index in [0.29, 0.717) is 23.7 Å². The van der Waals surface area contributed by atoms with E-state index in [2.05, 4.69) is 0 Å². The molecule has 0 bridgehead atoms. The van der Waals surface area contributed by atoms with Gasteiger partial charge in [-0.05, 0) is 23.8 Å². The maximum Gasteiger partial charge on any atom is 0.260 e. The third kappa shape index (κ3) is 3.64. The smallest absolute Gasteiger partial charge is 0.260 e. The lowest BCUT2D eigenvalue weighted by atomic mass is 10.1. The Morgan fingerprint density at radius 1 is 1.20 bits per heavy atom. The Morgan fingerprint density at radius 2 is 1.96 bits per heavy atom. The Hall–Kier alpha value is -2.86. The number of carbonyl (C=O) groups excluding carboxylic acids is 2. The number of imide groups is 1. The molecule has 0 spiro atoms. The lowest BCUT2D eigenvalue weighted by Gasteiger charge is -2.16. The van der Waals surface area contributed by atoms with Gasteiger partial charge in [-0.1, -0.05) is 30.3 Å². The van der Waals surface area contributed by atoms with Crippen molar-refractivity contribution in [1.82, 2.24) is 4.90 Å². The Kier molecular flexibility index (Phi) is 5.00. The summed E-state index contributed by atoms with van der Waals surface area (Å²) in [5.41, 5.74) is 1.30. The molecule has 0 radical (unpaired) electrons. The van der Waals surface area contributed by atoms with Crippen LogP contribution >= 0.6 is 0 Å². The normalized spacial score (nSPS) is 16.8. The van der Waals surface area contributed by atoms with E-state index in [1.807, 2.05) is 30.3 Å². The van der Waals surface area contributed by atoms with Crippen LogP contribution in [0.25, 0.3) is 0 Å². The first-order valence-electron chi connectivity index (χ1n) is 7.98. The molecular weight excluding hydrogens is 322 g/mol. The number of hydrogen-bond donors (Lipinski definition) is 1. The van der Waals surface area contributed by atoms with Crippen LogP contribution in [0.5, 0.6) is 11.5 Å². The highest BCUT2D eigenvalue weighted by molar-refractivity contribution is 6.07. The van der Waals surface area contributed by atoms with E-state index < -0.39 is 17.9 Å². The van der Waals surface area contributed by atoms with Gasteiger partial charge in [0.2, 0.25) is 0 Å².